The van der Waals surface area contributed by atoms with Crippen LogP contribution < -0.4 is 5.32 Å². The number of nitrogens with one attached hydrogen (secondary N) is 1. The number of rotatable bonds is 3. The number of hydrogen-bond donors (Lipinski definition) is 5. The summed E-state index contributed by atoms with van der Waals surface area (Å²) < 4.78 is 4.80. The molecule has 1 amide bonds. The molecule has 0 aromatic heterocycles. The molecule has 0 unspecified atom stereocenters. The third-order valence-electron chi connectivity index (χ3n) is 3.84. The van der Waals surface area contributed by atoms with E-state index in [1.165, 1.54) is 0 Å². The smallest absolute Gasteiger partial charge is 0.224 e. The van der Waals surface area contributed by atoms with E-state index < -0.39 is 11.6 Å². The van der Waals surface area contributed by atoms with Crippen LogP contribution in [0, 0.1) is 0 Å². The Kier molecular flexibility index (Phi) is 14.6. The van der Waals surface area contributed by atoms with Crippen molar-refractivity contribution in [1.29, 1.82) is 0 Å². The normalized spacial score (nSPS) is 20.8. The molecule has 5 N–H and O–H groups in total. The van der Waals surface area contributed by atoms with Crippen LogP contribution in [0.2, 0.25) is 0 Å². The fourth-order valence-electron chi connectivity index (χ4n) is 2.29. The molecule has 0 spiro atoms. The highest BCUT2D eigenvalue weighted by molar-refractivity contribution is 5.85. The van der Waals surface area contributed by atoms with E-state index in [1.807, 2.05) is 13.8 Å². The molecule has 8 nitrogen and oxygen atoms in total. The molecule has 25 heavy (non-hydrogen) atoms. The summed E-state index contributed by atoms with van der Waals surface area (Å²) in [6, 6.07) is 0. The quantitative estimate of drug-likeness (QED) is 0.426. The van der Waals surface area contributed by atoms with Gasteiger partial charge >= 0.3 is 0 Å². The number of carbonyl (C=O) groups excluding carboxylic acids is 1. The maximum Gasteiger partial charge on any atom is 0.224 e. The first-order valence-corrected chi connectivity index (χ1v) is 8.63. The highest BCUT2D eigenvalue weighted by atomic mass is 35.5. The molecule has 9 heteroatoms. The predicted octanol–water partition coefficient (Wildman–Crippen LogP) is -0.175. The number of nitrogens with zero attached hydrogens (tertiary/aromatic N) is 1. The van der Waals surface area contributed by atoms with Crippen LogP contribution in [0.1, 0.15) is 46.0 Å². The highest BCUT2D eigenvalue weighted by Crippen LogP contribution is 2.19. The van der Waals surface area contributed by atoms with Crippen LogP contribution >= 0.6 is 12.4 Å². The lowest BCUT2D eigenvalue weighted by molar-refractivity contribution is -0.190. The molecule has 152 valence electrons. The van der Waals surface area contributed by atoms with Crippen molar-refractivity contribution in [2.45, 2.75) is 57.5 Å². The third-order valence-corrected chi connectivity index (χ3v) is 3.84. The number of halogens is 1. The SMILES string of the molecule is CC.COCCC(=O)N1CCC(O)(O)CC1.Cl.OC1(O)CCNCC1. The van der Waals surface area contributed by atoms with Crippen molar-refractivity contribution in [3.8, 4) is 0 Å². The molecular weight excluding hydrogens is 352 g/mol. The molecule has 0 aliphatic carbocycles. The van der Waals surface area contributed by atoms with E-state index in [2.05, 4.69) is 5.32 Å². The fourth-order valence-corrected chi connectivity index (χ4v) is 2.29. The van der Waals surface area contributed by atoms with E-state index in [9.17, 15) is 15.0 Å². The zero-order valence-electron chi connectivity index (χ0n) is 15.5. The first kappa shape index (κ1) is 26.7. The van der Waals surface area contributed by atoms with Crippen molar-refractivity contribution in [2.75, 3.05) is 39.9 Å². The lowest BCUT2D eigenvalue weighted by Gasteiger charge is -2.34. The van der Waals surface area contributed by atoms with Gasteiger partial charge in [0.15, 0.2) is 11.6 Å². The summed E-state index contributed by atoms with van der Waals surface area (Å²) in [5.74, 6) is -2.95. The van der Waals surface area contributed by atoms with Gasteiger partial charge in [-0.3, -0.25) is 4.79 Å². The maximum atomic E-state index is 11.5. The van der Waals surface area contributed by atoms with E-state index in [1.54, 1.807) is 12.0 Å². The van der Waals surface area contributed by atoms with Gasteiger partial charge in [0.25, 0.3) is 0 Å². The molecule has 0 atom stereocenters. The van der Waals surface area contributed by atoms with Gasteiger partial charge in [-0.1, -0.05) is 13.8 Å². The zero-order chi connectivity index (χ0) is 18.6. The molecule has 0 aromatic rings. The van der Waals surface area contributed by atoms with E-state index in [-0.39, 0.29) is 31.2 Å². The topological polar surface area (TPSA) is 122 Å². The molecule has 2 aliphatic heterocycles. The van der Waals surface area contributed by atoms with Gasteiger partial charge in [-0.25, -0.2) is 0 Å². The van der Waals surface area contributed by atoms with Crippen LogP contribution in [-0.4, -0.2) is 82.7 Å². The van der Waals surface area contributed by atoms with Crippen molar-refractivity contribution in [2.24, 2.45) is 0 Å². The Morgan fingerprint density at radius 1 is 1.00 bits per heavy atom. The second-order valence-electron chi connectivity index (χ2n) is 5.84. The van der Waals surface area contributed by atoms with Gasteiger partial charge in [-0.2, -0.15) is 0 Å². The minimum atomic E-state index is -1.59. The zero-order valence-corrected chi connectivity index (χ0v) is 16.3. The van der Waals surface area contributed by atoms with Gasteiger partial charge in [-0.15, -0.1) is 12.4 Å². The summed E-state index contributed by atoms with van der Waals surface area (Å²) in [6.07, 6.45) is 1.72. The Bertz CT molecular complexity index is 338. The van der Waals surface area contributed by atoms with Gasteiger partial charge in [0.05, 0.1) is 13.0 Å². The Labute approximate surface area is 156 Å². The Morgan fingerprint density at radius 3 is 1.80 bits per heavy atom. The third kappa shape index (κ3) is 12.5. The first-order chi connectivity index (χ1) is 11.3. The summed E-state index contributed by atoms with van der Waals surface area (Å²) in [5.41, 5.74) is 0. The van der Waals surface area contributed by atoms with E-state index in [0.29, 0.717) is 52.0 Å². The van der Waals surface area contributed by atoms with Crippen molar-refractivity contribution < 1.29 is 30.0 Å². The maximum absolute atomic E-state index is 11.5. The van der Waals surface area contributed by atoms with E-state index >= 15 is 0 Å². The minimum Gasteiger partial charge on any atom is -0.384 e. The number of aliphatic hydroxyl groups is 4. The Morgan fingerprint density at radius 2 is 1.44 bits per heavy atom. The number of amides is 1. The second-order valence-corrected chi connectivity index (χ2v) is 5.84. The van der Waals surface area contributed by atoms with Crippen molar-refractivity contribution in [3.05, 3.63) is 0 Å². The predicted molar refractivity (Wildman–Crippen MR) is 97.3 cm³/mol. The molecule has 0 bridgehead atoms. The van der Waals surface area contributed by atoms with Gasteiger partial charge < -0.3 is 35.4 Å². The molecule has 2 rings (SSSR count). The van der Waals surface area contributed by atoms with Crippen molar-refractivity contribution >= 4 is 18.3 Å². The highest BCUT2D eigenvalue weighted by Gasteiger charge is 2.31. The molecule has 0 saturated carbocycles. The lowest BCUT2D eigenvalue weighted by Crippen LogP contribution is -2.46. The molecule has 2 saturated heterocycles. The first-order valence-electron chi connectivity index (χ1n) is 8.63. The van der Waals surface area contributed by atoms with Gasteiger partial charge in [0.2, 0.25) is 5.91 Å². The number of methoxy groups -OCH3 is 1. The van der Waals surface area contributed by atoms with Crippen molar-refractivity contribution in [1.82, 2.24) is 10.2 Å². The van der Waals surface area contributed by atoms with Crippen LogP contribution in [0.15, 0.2) is 0 Å². The fraction of sp³-hybridized carbons (Fsp3) is 0.938. The minimum absolute atomic E-state index is 0. The summed E-state index contributed by atoms with van der Waals surface area (Å²) >= 11 is 0. The molecular formula is C16H35ClN2O6. The van der Waals surface area contributed by atoms with Gasteiger partial charge in [-0.05, 0) is 0 Å². The summed E-state index contributed by atoms with van der Waals surface area (Å²) in [5, 5.41) is 39.3. The van der Waals surface area contributed by atoms with Crippen LogP contribution in [0.5, 0.6) is 0 Å². The monoisotopic (exact) mass is 386 g/mol. The molecule has 2 heterocycles. The lowest BCUT2D eigenvalue weighted by atomic mass is 10.0. The second kappa shape index (κ2) is 13.7. The Hall–Kier alpha value is -0.480. The summed E-state index contributed by atoms with van der Waals surface area (Å²) in [7, 11) is 1.55. The largest absolute Gasteiger partial charge is 0.384 e. The average molecular weight is 387 g/mol. The van der Waals surface area contributed by atoms with Gasteiger partial charge in [0.1, 0.15) is 0 Å². The van der Waals surface area contributed by atoms with Crippen molar-refractivity contribution in [3.63, 3.8) is 0 Å². The number of likely N-dealkylation sites (tertiary alicyclic amines) is 1. The number of ether oxygens (including phenoxy) is 1. The molecule has 0 aromatic carbocycles. The van der Waals surface area contributed by atoms with Crippen LogP contribution in [0.3, 0.4) is 0 Å². The molecule has 2 fully saturated rings. The van der Waals surface area contributed by atoms with Crippen LogP contribution in [-0.2, 0) is 9.53 Å². The van der Waals surface area contributed by atoms with E-state index in [4.69, 9.17) is 14.9 Å². The summed E-state index contributed by atoms with van der Waals surface area (Å²) in [6.45, 7) is 6.67. The number of hydrogen-bond acceptors (Lipinski definition) is 7. The van der Waals surface area contributed by atoms with E-state index in [0.717, 1.165) is 0 Å². The molecule has 0 radical (unpaired) electrons. The standard InChI is InChI=1S/C9H17NO4.C5H11NO2.C2H6.ClH/c1-14-7-2-8(11)10-5-3-9(12,13)4-6-10;7-5(8)1-3-6-4-2-5;1-2;/h12-13H,2-7H2,1H3;6-8H,1-4H2;1-2H3;1H. The number of piperidine rings is 2. The summed E-state index contributed by atoms with van der Waals surface area (Å²) in [4.78, 5) is 13.1. The Balaban J connectivity index is 0. The average Bonchev–Trinajstić information content (AvgIpc) is 2.55. The van der Waals surface area contributed by atoms with Crippen LogP contribution in [0.4, 0.5) is 0 Å². The number of carbonyl (C=O) groups is 1. The van der Waals surface area contributed by atoms with Crippen LogP contribution in [0.25, 0.3) is 0 Å². The molecule has 2 aliphatic rings. The van der Waals surface area contributed by atoms with Gasteiger partial charge in [0, 0.05) is 59.0 Å².